The van der Waals surface area contributed by atoms with E-state index < -0.39 is 0 Å². The van der Waals surface area contributed by atoms with Crippen molar-refractivity contribution >= 4 is 21.8 Å². The molecule has 0 spiro atoms. The average Bonchev–Trinajstić information content (AvgIpc) is 2.39. The molecule has 0 unspecified atom stereocenters. The van der Waals surface area contributed by atoms with Crippen molar-refractivity contribution in [2.45, 2.75) is 45.7 Å². The van der Waals surface area contributed by atoms with Gasteiger partial charge in [-0.25, -0.2) is 0 Å². The third-order valence-corrected chi connectivity index (χ3v) is 4.78. The third-order valence-electron chi connectivity index (χ3n) is 4.31. The molecule has 0 aliphatic heterocycles. The zero-order valence-electron chi connectivity index (χ0n) is 11.9. The van der Waals surface area contributed by atoms with Gasteiger partial charge in [0.1, 0.15) is 6.54 Å². The molecule has 110 valence electrons. The van der Waals surface area contributed by atoms with Crippen LogP contribution in [0, 0.1) is 11.8 Å². The van der Waals surface area contributed by atoms with Crippen LogP contribution < -0.4 is 10.9 Å². The molecular weight excluding hydrogens is 320 g/mol. The molecule has 1 fully saturated rings. The standard InChI is InChI=1S/C15H21BrN2O2/c1-10-4-3-5-13(11(10)2)17-14(19)9-18-8-12(16)6-7-15(18)20/h6-8,10-11,13H,3-5,9H2,1-2H3,(H,17,19)/t10-,11+,13+/m0/s1. The predicted molar refractivity (Wildman–Crippen MR) is 82.5 cm³/mol. The van der Waals surface area contributed by atoms with E-state index in [9.17, 15) is 9.59 Å². The number of nitrogens with one attached hydrogen (secondary N) is 1. The summed E-state index contributed by atoms with van der Waals surface area (Å²) in [7, 11) is 0. The molecule has 1 saturated carbocycles. The van der Waals surface area contributed by atoms with E-state index in [0.717, 1.165) is 17.3 Å². The van der Waals surface area contributed by atoms with Crippen molar-refractivity contribution in [1.29, 1.82) is 0 Å². The normalized spacial score (nSPS) is 26.2. The summed E-state index contributed by atoms with van der Waals surface area (Å²) < 4.78 is 2.22. The van der Waals surface area contributed by atoms with Crippen LogP contribution in [0.15, 0.2) is 27.6 Å². The van der Waals surface area contributed by atoms with Crippen LogP contribution in [0.5, 0.6) is 0 Å². The fourth-order valence-electron chi connectivity index (χ4n) is 2.82. The van der Waals surface area contributed by atoms with Gasteiger partial charge in [0, 0.05) is 22.8 Å². The first-order valence-corrected chi connectivity index (χ1v) is 7.92. The van der Waals surface area contributed by atoms with E-state index in [1.54, 1.807) is 12.3 Å². The molecule has 0 radical (unpaired) electrons. The van der Waals surface area contributed by atoms with Crippen molar-refractivity contribution in [3.8, 4) is 0 Å². The number of halogens is 1. The van der Waals surface area contributed by atoms with Gasteiger partial charge in [0.2, 0.25) is 5.91 Å². The van der Waals surface area contributed by atoms with Crippen LogP contribution in [-0.2, 0) is 11.3 Å². The van der Waals surface area contributed by atoms with Crippen LogP contribution in [0.1, 0.15) is 33.1 Å². The number of carbonyl (C=O) groups is 1. The number of hydrogen-bond acceptors (Lipinski definition) is 2. The van der Waals surface area contributed by atoms with Crippen molar-refractivity contribution < 1.29 is 4.79 Å². The lowest BCUT2D eigenvalue weighted by atomic mass is 9.78. The second kappa shape index (κ2) is 6.57. The van der Waals surface area contributed by atoms with Crippen molar-refractivity contribution in [1.82, 2.24) is 9.88 Å². The average molecular weight is 341 g/mol. The Morgan fingerprint density at radius 3 is 2.90 bits per heavy atom. The van der Waals surface area contributed by atoms with Crippen molar-refractivity contribution in [2.75, 3.05) is 0 Å². The third kappa shape index (κ3) is 3.72. The molecule has 1 aliphatic carbocycles. The second-order valence-corrected chi connectivity index (χ2v) is 6.67. The van der Waals surface area contributed by atoms with Crippen LogP contribution in [0.25, 0.3) is 0 Å². The summed E-state index contributed by atoms with van der Waals surface area (Å²) in [5, 5.41) is 3.08. The van der Waals surface area contributed by atoms with Crippen LogP contribution in [-0.4, -0.2) is 16.5 Å². The highest BCUT2D eigenvalue weighted by atomic mass is 79.9. The number of rotatable bonds is 3. The van der Waals surface area contributed by atoms with Gasteiger partial charge in [0.25, 0.3) is 5.56 Å². The Labute approximate surface area is 127 Å². The van der Waals surface area contributed by atoms with E-state index in [-0.39, 0.29) is 24.1 Å². The van der Waals surface area contributed by atoms with Crippen LogP contribution in [0.2, 0.25) is 0 Å². The van der Waals surface area contributed by atoms with E-state index in [4.69, 9.17) is 0 Å². The quantitative estimate of drug-likeness (QED) is 0.919. The molecule has 20 heavy (non-hydrogen) atoms. The highest BCUT2D eigenvalue weighted by molar-refractivity contribution is 9.10. The number of amides is 1. The van der Waals surface area contributed by atoms with Gasteiger partial charge < -0.3 is 9.88 Å². The Morgan fingerprint density at radius 2 is 2.15 bits per heavy atom. The molecule has 4 nitrogen and oxygen atoms in total. The Balaban J connectivity index is 1.98. The van der Waals surface area contributed by atoms with E-state index in [1.165, 1.54) is 17.1 Å². The lowest BCUT2D eigenvalue weighted by molar-refractivity contribution is -0.123. The van der Waals surface area contributed by atoms with Crippen LogP contribution >= 0.6 is 15.9 Å². The minimum absolute atomic E-state index is 0.0792. The molecule has 0 bridgehead atoms. The summed E-state index contributed by atoms with van der Waals surface area (Å²) in [6.07, 6.45) is 5.07. The largest absolute Gasteiger partial charge is 0.352 e. The molecule has 5 heteroatoms. The van der Waals surface area contributed by atoms with E-state index in [0.29, 0.717) is 11.8 Å². The van der Waals surface area contributed by atoms with Crippen molar-refractivity contribution in [3.63, 3.8) is 0 Å². The molecule has 0 aromatic carbocycles. The fraction of sp³-hybridized carbons (Fsp3) is 0.600. The number of aromatic nitrogens is 1. The number of pyridine rings is 1. The maximum atomic E-state index is 12.1. The van der Waals surface area contributed by atoms with E-state index in [2.05, 4.69) is 35.1 Å². The van der Waals surface area contributed by atoms with Crippen LogP contribution in [0.4, 0.5) is 0 Å². The highest BCUT2D eigenvalue weighted by Gasteiger charge is 2.28. The van der Waals surface area contributed by atoms with Gasteiger partial charge in [0.05, 0.1) is 0 Å². The predicted octanol–water partition coefficient (Wildman–Crippen LogP) is 2.55. The Hall–Kier alpha value is -1.10. The molecule has 1 amide bonds. The summed E-state index contributed by atoms with van der Waals surface area (Å²) in [5.41, 5.74) is -0.159. The van der Waals surface area contributed by atoms with E-state index in [1.807, 2.05) is 0 Å². The van der Waals surface area contributed by atoms with Crippen LogP contribution in [0.3, 0.4) is 0 Å². The molecule has 1 aliphatic rings. The number of nitrogens with zero attached hydrogens (tertiary/aromatic N) is 1. The summed E-state index contributed by atoms with van der Waals surface area (Å²) in [6.45, 7) is 4.51. The van der Waals surface area contributed by atoms with E-state index >= 15 is 0 Å². The van der Waals surface area contributed by atoms with Crippen molar-refractivity contribution in [2.24, 2.45) is 11.8 Å². The zero-order chi connectivity index (χ0) is 14.7. The van der Waals surface area contributed by atoms with Gasteiger partial charge in [-0.15, -0.1) is 0 Å². The minimum atomic E-state index is -0.159. The van der Waals surface area contributed by atoms with Gasteiger partial charge in [-0.05, 0) is 40.3 Å². The minimum Gasteiger partial charge on any atom is -0.352 e. The molecular formula is C15H21BrN2O2. The monoisotopic (exact) mass is 340 g/mol. The highest BCUT2D eigenvalue weighted by Crippen LogP contribution is 2.29. The maximum Gasteiger partial charge on any atom is 0.251 e. The van der Waals surface area contributed by atoms with Crippen molar-refractivity contribution in [3.05, 3.63) is 33.2 Å². The topological polar surface area (TPSA) is 51.1 Å². The fourth-order valence-corrected chi connectivity index (χ4v) is 3.20. The Kier molecular flexibility index (Phi) is 5.02. The maximum absolute atomic E-state index is 12.1. The second-order valence-electron chi connectivity index (χ2n) is 5.75. The molecule has 0 saturated heterocycles. The van der Waals surface area contributed by atoms with Gasteiger partial charge in [-0.1, -0.05) is 26.7 Å². The lowest BCUT2D eigenvalue weighted by Gasteiger charge is -2.34. The summed E-state index contributed by atoms with van der Waals surface area (Å²) in [4.78, 5) is 23.8. The molecule has 1 aromatic heterocycles. The first kappa shape index (κ1) is 15.3. The molecule has 1 N–H and O–H groups in total. The summed E-state index contributed by atoms with van der Waals surface area (Å²) in [6, 6.07) is 3.37. The zero-order valence-corrected chi connectivity index (χ0v) is 13.5. The number of hydrogen-bond donors (Lipinski definition) is 1. The molecule has 3 atom stereocenters. The molecule has 1 aromatic rings. The molecule has 1 heterocycles. The van der Waals surface area contributed by atoms with Gasteiger partial charge >= 0.3 is 0 Å². The Morgan fingerprint density at radius 1 is 1.40 bits per heavy atom. The first-order valence-electron chi connectivity index (χ1n) is 7.12. The molecule has 2 rings (SSSR count). The summed E-state index contributed by atoms with van der Waals surface area (Å²) >= 11 is 3.31. The first-order chi connectivity index (χ1) is 9.47. The van der Waals surface area contributed by atoms with Gasteiger partial charge in [-0.3, -0.25) is 9.59 Å². The smallest absolute Gasteiger partial charge is 0.251 e. The summed E-state index contributed by atoms with van der Waals surface area (Å²) in [5.74, 6) is 1.05. The Bertz CT molecular complexity index is 541. The van der Waals surface area contributed by atoms with Gasteiger partial charge in [0.15, 0.2) is 0 Å². The lowest BCUT2D eigenvalue weighted by Crippen LogP contribution is -2.45. The SMILES string of the molecule is C[C@@H]1[C@@H](C)CCC[C@H]1NC(=O)Cn1cc(Br)ccc1=O. The number of carbonyl (C=O) groups excluding carboxylic acids is 1. The van der Waals surface area contributed by atoms with Gasteiger partial charge in [-0.2, -0.15) is 0 Å².